The smallest absolute Gasteiger partial charge is 0.418 e. The highest BCUT2D eigenvalue weighted by molar-refractivity contribution is 6.03. The minimum absolute atomic E-state index is 0.0114. The summed E-state index contributed by atoms with van der Waals surface area (Å²) < 4.78 is 57.0. The van der Waals surface area contributed by atoms with E-state index in [0.29, 0.717) is 0 Å². The number of hydrogen-bond donors (Lipinski definition) is 0. The van der Waals surface area contributed by atoms with Crippen LogP contribution in [-0.4, -0.2) is 49.0 Å². The Balaban J connectivity index is 2.16. The lowest BCUT2D eigenvalue weighted by atomic mass is 10.1. The van der Waals surface area contributed by atoms with Gasteiger partial charge in [0.15, 0.2) is 0 Å². The first-order chi connectivity index (χ1) is 13.8. The minimum atomic E-state index is -4.69. The number of nitrogens with zero attached hydrogens (tertiary/aromatic N) is 3. The van der Waals surface area contributed by atoms with E-state index >= 15 is 0 Å². The Morgan fingerprint density at radius 3 is 2.48 bits per heavy atom. The van der Waals surface area contributed by atoms with E-state index in [4.69, 9.17) is 9.47 Å². The molecule has 1 aromatic heterocycles. The number of anilines is 1. The molecule has 3 rings (SSSR count). The Hall–Kier alpha value is -3.34. The van der Waals surface area contributed by atoms with E-state index in [1.807, 2.05) is 0 Å². The number of ether oxygens (including phenoxy) is 3. The van der Waals surface area contributed by atoms with E-state index in [1.165, 1.54) is 35.4 Å². The Kier molecular flexibility index (Phi) is 5.59. The number of aromatic nitrogens is 2. The van der Waals surface area contributed by atoms with E-state index in [-0.39, 0.29) is 36.0 Å². The minimum Gasteiger partial charge on any atom is -0.466 e. The number of imidazole rings is 1. The fraction of sp³-hybridized carbons (Fsp3) is 0.278. The van der Waals surface area contributed by atoms with Crippen molar-refractivity contribution < 1.29 is 37.0 Å². The van der Waals surface area contributed by atoms with Crippen LogP contribution in [0.15, 0.2) is 48.2 Å². The molecule has 8 nitrogen and oxygen atoms in total. The molecule has 2 heterocycles. The maximum absolute atomic E-state index is 13.7. The van der Waals surface area contributed by atoms with Gasteiger partial charge in [-0.3, -0.25) is 0 Å². The summed E-state index contributed by atoms with van der Waals surface area (Å²) in [7, 11) is 2.21. The number of esters is 2. The largest absolute Gasteiger partial charge is 0.466 e. The van der Waals surface area contributed by atoms with Gasteiger partial charge in [0.25, 0.3) is 0 Å². The highest BCUT2D eigenvalue weighted by Gasteiger charge is 2.37. The summed E-state index contributed by atoms with van der Waals surface area (Å²) in [4.78, 5) is 29.2. The Morgan fingerprint density at radius 1 is 1.17 bits per heavy atom. The third-order valence-corrected chi connectivity index (χ3v) is 4.21. The molecule has 0 N–H and O–H groups in total. The van der Waals surface area contributed by atoms with Crippen molar-refractivity contribution in [3.8, 4) is 5.69 Å². The second kappa shape index (κ2) is 7.95. The molecule has 0 aliphatic carbocycles. The molecule has 1 aliphatic rings. The number of halogens is 3. The molecule has 0 saturated heterocycles. The number of carbonyl (C=O) groups is 2. The number of carbonyl (C=O) groups excluding carboxylic acids is 2. The van der Waals surface area contributed by atoms with Gasteiger partial charge in [-0.15, -0.1) is 0 Å². The van der Waals surface area contributed by atoms with E-state index in [0.717, 1.165) is 25.2 Å². The Morgan fingerprint density at radius 2 is 1.90 bits per heavy atom. The maximum Gasteiger partial charge on any atom is 0.418 e. The molecule has 0 amide bonds. The molecule has 154 valence electrons. The standard InChI is InChI=1S/C18H16F3N3O5/c1-27-16(25)12-8-29-10-24(15(12)17(26)28-2)11-3-4-14(23-6-5-22-9-23)13(7-11)18(19,20)21/h3-7,9H,8,10H2,1-2H3. The van der Waals surface area contributed by atoms with Crippen molar-refractivity contribution in [3.05, 3.63) is 53.8 Å². The summed E-state index contributed by atoms with van der Waals surface area (Å²) in [5.74, 6) is -1.75. The summed E-state index contributed by atoms with van der Waals surface area (Å²) in [6.07, 6.45) is -0.716. The molecule has 1 aliphatic heterocycles. The summed E-state index contributed by atoms with van der Waals surface area (Å²) in [5, 5.41) is 0. The monoisotopic (exact) mass is 411 g/mol. The molecule has 0 bridgehead atoms. The van der Waals surface area contributed by atoms with E-state index in [1.54, 1.807) is 0 Å². The average Bonchev–Trinajstić information content (AvgIpc) is 3.25. The van der Waals surface area contributed by atoms with Gasteiger partial charge in [0.2, 0.25) is 0 Å². The molecule has 0 fully saturated rings. The fourth-order valence-corrected chi connectivity index (χ4v) is 2.89. The highest BCUT2D eigenvalue weighted by atomic mass is 19.4. The lowest BCUT2D eigenvalue weighted by Gasteiger charge is -2.32. The van der Waals surface area contributed by atoms with Gasteiger partial charge in [-0.25, -0.2) is 14.6 Å². The first-order valence-corrected chi connectivity index (χ1v) is 8.22. The molecular formula is C18H16F3N3O5. The predicted octanol–water partition coefficient (Wildman–Crippen LogP) is 2.29. The third-order valence-electron chi connectivity index (χ3n) is 4.21. The van der Waals surface area contributed by atoms with Crippen LogP contribution < -0.4 is 4.90 Å². The first-order valence-electron chi connectivity index (χ1n) is 8.22. The molecule has 11 heteroatoms. The molecule has 0 atom stereocenters. The van der Waals surface area contributed by atoms with Crippen molar-refractivity contribution in [2.24, 2.45) is 0 Å². The van der Waals surface area contributed by atoms with Crippen LogP contribution in [0.3, 0.4) is 0 Å². The lowest BCUT2D eigenvalue weighted by molar-refractivity contribution is -0.140. The molecule has 0 saturated carbocycles. The zero-order valence-electron chi connectivity index (χ0n) is 15.4. The maximum atomic E-state index is 13.7. The number of hydrogen-bond acceptors (Lipinski definition) is 7. The van der Waals surface area contributed by atoms with Crippen LogP contribution in [0, 0.1) is 0 Å². The number of rotatable bonds is 4. The van der Waals surface area contributed by atoms with Crippen LogP contribution in [0.5, 0.6) is 0 Å². The van der Waals surface area contributed by atoms with Gasteiger partial charge in [-0.2, -0.15) is 13.2 Å². The SMILES string of the molecule is COC(=O)C1=C(C(=O)OC)N(c2ccc(-n3ccnc3)c(C(F)(F)F)c2)COC1. The van der Waals surface area contributed by atoms with E-state index < -0.39 is 23.7 Å². The quantitative estimate of drug-likeness (QED) is 0.714. The normalized spacial score (nSPS) is 14.7. The number of alkyl halides is 3. The van der Waals surface area contributed by atoms with Crippen molar-refractivity contribution in [2.45, 2.75) is 6.18 Å². The van der Waals surface area contributed by atoms with Gasteiger partial charge < -0.3 is 23.7 Å². The van der Waals surface area contributed by atoms with Crippen molar-refractivity contribution in [3.63, 3.8) is 0 Å². The topological polar surface area (TPSA) is 82.9 Å². The van der Waals surface area contributed by atoms with Crippen LogP contribution >= 0.6 is 0 Å². The molecule has 29 heavy (non-hydrogen) atoms. The number of benzene rings is 1. The van der Waals surface area contributed by atoms with Gasteiger partial charge in [-0.05, 0) is 18.2 Å². The Bertz CT molecular complexity index is 954. The van der Waals surface area contributed by atoms with Crippen LogP contribution in [-0.2, 0) is 30.0 Å². The van der Waals surface area contributed by atoms with Crippen LogP contribution in [0.4, 0.5) is 18.9 Å². The van der Waals surface area contributed by atoms with Crippen molar-refractivity contribution >= 4 is 17.6 Å². The zero-order chi connectivity index (χ0) is 21.2. The molecule has 0 unspecified atom stereocenters. The average molecular weight is 411 g/mol. The predicted molar refractivity (Wildman–Crippen MR) is 92.9 cm³/mol. The summed E-state index contributed by atoms with van der Waals surface area (Å²) in [6, 6.07) is 3.47. The van der Waals surface area contributed by atoms with Gasteiger partial charge in [0, 0.05) is 18.1 Å². The lowest BCUT2D eigenvalue weighted by Crippen LogP contribution is -2.39. The molecule has 0 spiro atoms. The second-order valence-electron chi connectivity index (χ2n) is 5.89. The van der Waals surface area contributed by atoms with Gasteiger partial charge in [-0.1, -0.05) is 0 Å². The fourth-order valence-electron chi connectivity index (χ4n) is 2.89. The van der Waals surface area contributed by atoms with E-state index in [2.05, 4.69) is 9.72 Å². The van der Waals surface area contributed by atoms with Gasteiger partial charge >= 0.3 is 18.1 Å². The molecular weight excluding hydrogens is 395 g/mol. The van der Waals surface area contributed by atoms with Crippen molar-refractivity contribution in [1.82, 2.24) is 9.55 Å². The van der Waals surface area contributed by atoms with Crippen LogP contribution in [0.25, 0.3) is 5.69 Å². The third kappa shape index (κ3) is 3.94. The van der Waals surface area contributed by atoms with Gasteiger partial charge in [0.1, 0.15) is 12.4 Å². The van der Waals surface area contributed by atoms with Crippen molar-refractivity contribution in [2.75, 3.05) is 32.5 Å². The zero-order valence-corrected chi connectivity index (χ0v) is 15.4. The first kappa shape index (κ1) is 20.4. The van der Waals surface area contributed by atoms with Crippen LogP contribution in [0.2, 0.25) is 0 Å². The number of methoxy groups -OCH3 is 2. The van der Waals surface area contributed by atoms with Crippen LogP contribution in [0.1, 0.15) is 5.56 Å². The van der Waals surface area contributed by atoms with E-state index in [9.17, 15) is 22.8 Å². The summed E-state index contributed by atoms with van der Waals surface area (Å²) in [6.45, 7) is -0.500. The summed E-state index contributed by atoms with van der Waals surface area (Å²) >= 11 is 0. The summed E-state index contributed by atoms with van der Waals surface area (Å²) in [5.41, 5.74) is -1.51. The molecule has 1 aromatic carbocycles. The van der Waals surface area contributed by atoms with Crippen molar-refractivity contribution in [1.29, 1.82) is 0 Å². The molecule has 2 aromatic rings. The Labute approximate surface area is 163 Å². The highest BCUT2D eigenvalue weighted by Crippen LogP contribution is 2.38. The van der Waals surface area contributed by atoms with Gasteiger partial charge in [0.05, 0.1) is 44.0 Å². The molecule has 0 radical (unpaired) electrons. The second-order valence-corrected chi connectivity index (χ2v) is 5.89.